The fourth-order valence-corrected chi connectivity index (χ4v) is 1.14. The molecule has 2 aromatic rings. The molecule has 0 amide bonds. The summed E-state index contributed by atoms with van der Waals surface area (Å²) in [5.74, 6) is -0.694. The van der Waals surface area contributed by atoms with Crippen molar-refractivity contribution in [2.75, 3.05) is 0 Å². The number of aromatic nitrogens is 2. The Bertz CT molecular complexity index is 470. The Morgan fingerprint density at radius 2 is 2.29 bits per heavy atom. The topological polar surface area (TPSA) is 68.3 Å². The van der Waals surface area contributed by atoms with Gasteiger partial charge in [-0.25, -0.2) is 4.79 Å². The van der Waals surface area contributed by atoms with Gasteiger partial charge in [-0.3, -0.25) is 4.68 Å². The van der Waals surface area contributed by atoms with Gasteiger partial charge in [-0.15, -0.1) is 0 Å². The zero-order valence-electron chi connectivity index (χ0n) is 7.47. The third-order valence-electron chi connectivity index (χ3n) is 1.78. The van der Waals surface area contributed by atoms with E-state index in [1.165, 1.54) is 6.07 Å². The molecule has 0 unspecified atom stereocenters. The van der Waals surface area contributed by atoms with E-state index in [2.05, 4.69) is 5.10 Å². The van der Waals surface area contributed by atoms with E-state index < -0.39 is 5.97 Å². The molecule has 2 heterocycles. The number of carbonyl (C=O) groups is 1. The molecule has 0 saturated heterocycles. The van der Waals surface area contributed by atoms with Crippen LogP contribution in [0.1, 0.15) is 10.6 Å². The molecule has 5 heteroatoms. The standard InChI is InChI=1S/C9H8N2O3/c1-11-5-4-6(10-11)7-2-3-8(14-7)9(12)13/h2-5H,1H3,(H,12,13). The smallest absolute Gasteiger partial charge is 0.371 e. The monoisotopic (exact) mass is 192 g/mol. The summed E-state index contributed by atoms with van der Waals surface area (Å²) in [4.78, 5) is 10.5. The minimum Gasteiger partial charge on any atom is -0.475 e. The van der Waals surface area contributed by atoms with Crippen molar-refractivity contribution >= 4 is 5.97 Å². The summed E-state index contributed by atoms with van der Waals surface area (Å²) >= 11 is 0. The van der Waals surface area contributed by atoms with E-state index >= 15 is 0 Å². The first-order chi connectivity index (χ1) is 6.66. The van der Waals surface area contributed by atoms with Crippen LogP contribution in [0.3, 0.4) is 0 Å². The lowest BCUT2D eigenvalue weighted by molar-refractivity contribution is 0.0663. The van der Waals surface area contributed by atoms with E-state index in [0.717, 1.165) is 0 Å². The third kappa shape index (κ3) is 1.39. The molecule has 0 aliphatic rings. The summed E-state index contributed by atoms with van der Waals surface area (Å²) < 4.78 is 6.69. The quantitative estimate of drug-likeness (QED) is 0.780. The number of rotatable bonds is 2. The highest BCUT2D eigenvalue weighted by Gasteiger charge is 2.11. The lowest BCUT2D eigenvalue weighted by atomic mass is 10.3. The van der Waals surface area contributed by atoms with Gasteiger partial charge in [0.25, 0.3) is 0 Å². The highest BCUT2D eigenvalue weighted by atomic mass is 16.4. The molecular formula is C9H8N2O3. The van der Waals surface area contributed by atoms with E-state index in [-0.39, 0.29) is 5.76 Å². The molecule has 14 heavy (non-hydrogen) atoms. The van der Waals surface area contributed by atoms with Crippen LogP contribution in [0.5, 0.6) is 0 Å². The van der Waals surface area contributed by atoms with Gasteiger partial charge < -0.3 is 9.52 Å². The first-order valence-electron chi connectivity index (χ1n) is 4.00. The van der Waals surface area contributed by atoms with Gasteiger partial charge in [0.1, 0.15) is 5.69 Å². The molecule has 1 N–H and O–H groups in total. The fourth-order valence-electron chi connectivity index (χ4n) is 1.14. The van der Waals surface area contributed by atoms with Gasteiger partial charge in [0.2, 0.25) is 5.76 Å². The van der Waals surface area contributed by atoms with Crippen molar-refractivity contribution in [1.29, 1.82) is 0 Å². The number of hydrogen-bond acceptors (Lipinski definition) is 3. The largest absolute Gasteiger partial charge is 0.475 e. The summed E-state index contributed by atoms with van der Waals surface area (Å²) in [6.45, 7) is 0. The van der Waals surface area contributed by atoms with E-state index in [1.54, 1.807) is 30.1 Å². The van der Waals surface area contributed by atoms with Gasteiger partial charge in [-0.05, 0) is 18.2 Å². The molecule has 72 valence electrons. The van der Waals surface area contributed by atoms with E-state index in [1.807, 2.05) is 0 Å². The van der Waals surface area contributed by atoms with Crippen LogP contribution < -0.4 is 0 Å². The molecular weight excluding hydrogens is 184 g/mol. The van der Waals surface area contributed by atoms with Crippen molar-refractivity contribution in [3.63, 3.8) is 0 Å². The van der Waals surface area contributed by atoms with Crippen LogP contribution in [-0.4, -0.2) is 20.9 Å². The first-order valence-corrected chi connectivity index (χ1v) is 4.00. The second-order valence-corrected chi connectivity index (χ2v) is 2.84. The molecule has 0 radical (unpaired) electrons. The van der Waals surface area contributed by atoms with E-state index in [0.29, 0.717) is 11.5 Å². The number of furan rings is 1. The summed E-state index contributed by atoms with van der Waals surface area (Å²) in [6.07, 6.45) is 1.76. The minimum absolute atomic E-state index is 0.0781. The number of aromatic carboxylic acids is 1. The average molecular weight is 192 g/mol. The molecule has 0 aliphatic carbocycles. The molecule has 0 atom stereocenters. The van der Waals surface area contributed by atoms with Crippen LogP contribution in [0.15, 0.2) is 28.8 Å². The van der Waals surface area contributed by atoms with Gasteiger partial charge in [0.05, 0.1) is 0 Å². The predicted molar refractivity (Wildman–Crippen MR) is 47.9 cm³/mol. The Morgan fingerprint density at radius 1 is 1.50 bits per heavy atom. The SMILES string of the molecule is Cn1ccc(-c2ccc(C(=O)O)o2)n1. The van der Waals surface area contributed by atoms with Crippen molar-refractivity contribution in [2.24, 2.45) is 7.05 Å². The molecule has 2 rings (SSSR count). The number of carboxylic acid groups (broad SMARTS) is 1. The second-order valence-electron chi connectivity index (χ2n) is 2.84. The molecule has 0 bridgehead atoms. The van der Waals surface area contributed by atoms with E-state index in [4.69, 9.17) is 9.52 Å². The zero-order chi connectivity index (χ0) is 10.1. The third-order valence-corrected chi connectivity index (χ3v) is 1.78. The van der Waals surface area contributed by atoms with Crippen LogP contribution in [0, 0.1) is 0 Å². The zero-order valence-corrected chi connectivity index (χ0v) is 7.47. The van der Waals surface area contributed by atoms with Crippen LogP contribution >= 0.6 is 0 Å². The van der Waals surface area contributed by atoms with Gasteiger partial charge in [-0.1, -0.05) is 0 Å². The van der Waals surface area contributed by atoms with Crippen molar-refractivity contribution in [3.05, 3.63) is 30.2 Å². The van der Waals surface area contributed by atoms with Crippen LogP contribution in [-0.2, 0) is 7.05 Å². The normalized spacial score (nSPS) is 10.4. The molecule has 2 aromatic heterocycles. The number of aryl methyl sites for hydroxylation is 1. The maximum atomic E-state index is 10.5. The lowest BCUT2D eigenvalue weighted by Crippen LogP contribution is -1.91. The number of nitrogens with zero attached hydrogens (tertiary/aromatic N) is 2. The summed E-state index contributed by atoms with van der Waals surface area (Å²) in [5, 5.41) is 12.7. The average Bonchev–Trinajstić information content (AvgIpc) is 2.70. The Labute approximate surface area is 79.6 Å². The highest BCUT2D eigenvalue weighted by Crippen LogP contribution is 2.19. The maximum absolute atomic E-state index is 10.5. The molecule has 0 spiro atoms. The second kappa shape index (κ2) is 3.02. The molecule has 0 saturated carbocycles. The predicted octanol–water partition coefficient (Wildman–Crippen LogP) is 1.38. The van der Waals surface area contributed by atoms with E-state index in [9.17, 15) is 4.79 Å². The van der Waals surface area contributed by atoms with Crippen molar-refractivity contribution in [3.8, 4) is 11.5 Å². The molecule has 0 fully saturated rings. The molecule has 0 aliphatic heterocycles. The summed E-state index contributed by atoms with van der Waals surface area (Å²) in [7, 11) is 1.78. The maximum Gasteiger partial charge on any atom is 0.371 e. The van der Waals surface area contributed by atoms with Crippen molar-refractivity contribution in [2.45, 2.75) is 0 Å². The van der Waals surface area contributed by atoms with Gasteiger partial charge >= 0.3 is 5.97 Å². The Hall–Kier alpha value is -2.04. The summed E-state index contributed by atoms with van der Waals surface area (Å²) in [5.41, 5.74) is 0.625. The highest BCUT2D eigenvalue weighted by molar-refractivity contribution is 5.85. The fraction of sp³-hybridized carbons (Fsp3) is 0.111. The van der Waals surface area contributed by atoms with Gasteiger partial charge in [-0.2, -0.15) is 5.10 Å². The first kappa shape index (κ1) is 8.55. The Morgan fingerprint density at radius 3 is 2.79 bits per heavy atom. The van der Waals surface area contributed by atoms with Gasteiger partial charge in [0.15, 0.2) is 5.76 Å². The summed E-state index contributed by atoms with van der Waals surface area (Å²) in [6, 6.07) is 4.75. The lowest BCUT2D eigenvalue weighted by Gasteiger charge is -1.89. The Balaban J connectivity index is 2.38. The Kier molecular flexibility index (Phi) is 1.85. The molecule has 0 aromatic carbocycles. The number of carboxylic acids is 1. The molecule has 5 nitrogen and oxygen atoms in total. The van der Waals surface area contributed by atoms with Crippen LogP contribution in [0.2, 0.25) is 0 Å². The van der Waals surface area contributed by atoms with Crippen molar-refractivity contribution in [1.82, 2.24) is 9.78 Å². The van der Waals surface area contributed by atoms with Gasteiger partial charge in [0, 0.05) is 13.2 Å². The number of hydrogen-bond donors (Lipinski definition) is 1. The van der Waals surface area contributed by atoms with Crippen molar-refractivity contribution < 1.29 is 14.3 Å². The van der Waals surface area contributed by atoms with Crippen LogP contribution in [0.25, 0.3) is 11.5 Å². The minimum atomic E-state index is -1.08. The van der Waals surface area contributed by atoms with Crippen LogP contribution in [0.4, 0.5) is 0 Å².